The van der Waals surface area contributed by atoms with Crippen LogP contribution < -0.4 is 9.80 Å². The Bertz CT molecular complexity index is 3870. The Hall–Kier alpha value is -7.56. The molecule has 0 aliphatic rings. The van der Waals surface area contributed by atoms with Crippen molar-refractivity contribution in [1.29, 1.82) is 0 Å². The molecule has 0 saturated carbocycles. The standard InChI is InChI=1S/C63H54N2O2/c1-8-40-24-27-42(28-25-40)64(54-20-14-18-48-44-16-10-12-22-58(44)66-62(48)54)56-35-52(37(3)4)46-31-33-51-57(36-53(38(5)6)47-30-32-50(56)60(46)61(47)51)65(43-29-26-41(9-2)39(7)34-43)55-21-15-19-49-45-17-11-13-23-59(45)67-63(49)55/h10-38H,8-9H2,1-7H3. The maximum absolute atomic E-state index is 6.86. The summed E-state index contributed by atoms with van der Waals surface area (Å²) < 4.78 is 13.7. The molecule has 0 N–H and O–H groups in total. The molecule has 10 aromatic carbocycles. The summed E-state index contributed by atoms with van der Waals surface area (Å²) in [5.74, 6) is 0.501. The van der Waals surface area contributed by atoms with E-state index in [2.05, 4.69) is 222 Å². The van der Waals surface area contributed by atoms with E-state index in [9.17, 15) is 0 Å². The van der Waals surface area contributed by atoms with Gasteiger partial charge in [0.1, 0.15) is 11.2 Å². The zero-order valence-electron chi connectivity index (χ0n) is 39.4. The Labute approximate surface area is 392 Å². The third kappa shape index (κ3) is 6.33. The number of hydrogen-bond donors (Lipinski definition) is 0. The van der Waals surface area contributed by atoms with Crippen LogP contribution in [0.3, 0.4) is 0 Å². The summed E-state index contributed by atoms with van der Waals surface area (Å²) in [6.07, 6.45) is 1.95. The van der Waals surface area contributed by atoms with Crippen molar-refractivity contribution in [3.8, 4) is 0 Å². The number of anilines is 6. The molecule has 67 heavy (non-hydrogen) atoms. The van der Waals surface area contributed by atoms with Gasteiger partial charge in [0.2, 0.25) is 0 Å². The molecular formula is C63H54N2O2. The van der Waals surface area contributed by atoms with Gasteiger partial charge in [-0.05, 0) is 142 Å². The van der Waals surface area contributed by atoms with E-state index in [1.807, 2.05) is 0 Å². The molecule has 4 nitrogen and oxygen atoms in total. The van der Waals surface area contributed by atoms with Crippen LogP contribution in [0.25, 0.3) is 76.2 Å². The summed E-state index contributed by atoms with van der Waals surface area (Å²) in [7, 11) is 0. The maximum Gasteiger partial charge on any atom is 0.159 e. The van der Waals surface area contributed by atoms with E-state index < -0.39 is 0 Å². The Morgan fingerprint density at radius 3 is 1.34 bits per heavy atom. The molecule has 0 spiro atoms. The van der Waals surface area contributed by atoms with Crippen LogP contribution in [0.15, 0.2) is 173 Å². The van der Waals surface area contributed by atoms with Crippen molar-refractivity contribution in [2.75, 3.05) is 9.80 Å². The average Bonchev–Trinajstić information content (AvgIpc) is 3.93. The molecule has 0 aliphatic heterocycles. The van der Waals surface area contributed by atoms with Crippen LogP contribution in [0, 0.1) is 6.92 Å². The zero-order chi connectivity index (χ0) is 45.7. The molecular weight excluding hydrogens is 817 g/mol. The van der Waals surface area contributed by atoms with Crippen LogP contribution in [-0.4, -0.2) is 0 Å². The van der Waals surface area contributed by atoms with Crippen molar-refractivity contribution in [2.45, 2.75) is 73.1 Å². The number of benzene rings is 10. The highest BCUT2D eigenvalue weighted by Crippen LogP contribution is 2.53. The summed E-state index contributed by atoms with van der Waals surface area (Å²) in [4.78, 5) is 4.93. The van der Waals surface area contributed by atoms with Crippen molar-refractivity contribution < 1.29 is 8.83 Å². The second kappa shape index (κ2) is 15.8. The first-order valence-corrected chi connectivity index (χ1v) is 24.1. The summed E-state index contributed by atoms with van der Waals surface area (Å²) >= 11 is 0. The monoisotopic (exact) mass is 870 g/mol. The Morgan fingerprint density at radius 1 is 0.403 bits per heavy atom. The molecule has 0 atom stereocenters. The van der Waals surface area contributed by atoms with Crippen LogP contribution in [0.1, 0.15) is 81.2 Å². The molecule has 0 aliphatic carbocycles. The molecule has 0 saturated heterocycles. The van der Waals surface area contributed by atoms with Gasteiger partial charge in [-0.3, -0.25) is 0 Å². The van der Waals surface area contributed by atoms with Crippen molar-refractivity contribution in [2.24, 2.45) is 0 Å². The number of para-hydroxylation sites is 4. The van der Waals surface area contributed by atoms with E-state index in [4.69, 9.17) is 8.83 Å². The SMILES string of the molecule is CCc1ccc(N(c2cc(C(C)C)c3ccc4c(N(c5ccc(CC)c(C)c5)c5cccc6c5oc5ccccc56)cc(C(C)C)c5ccc2c3c54)c2cccc3c2oc2ccccc23)cc1. The first-order chi connectivity index (χ1) is 32.7. The van der Waals surface area contributed by atoms with Gasteiger partial charge in [-0.2, -0.15) is 0 Å². The summed E-state index contributed by atoms with van der Waals surface area (Å²) in [5.41, 5.74) is 16.6. The Morgan fingerprint density at radius 2 is 0.866 bits per heavy atom. The fourth-order valence-corrected chi connectivity index (χ4v) is 11.1. The van der Waals surface area contributed by atoms with E-state index in [1.54, 1.807) is 0 Å². The highest BCUT2D eigenvalue weighted by Gasteiger charge is 2.28. The Kier molecular flexibility index (Phi) is 9.65. The predicted molar refractivity (Wildman–Crippen MR) is 286 cm³/mol. The van der Waals surface area contributed by atoms with E-state index in [0.29, 0.717) is 0 Å². The van der Waals surface area contributed by atoms with Crippen molar-refractivity contribution in [3.63, 3.8) is 0 Å². The molecule has 12 rings (SSSR count). The number of hydrogen-bond acceptors (Lipinski definition) is 4. The highest BCUT2D eigenvalue weighted by molar-refractivity contribution is 6.30. The summed E-state index contributed by atoms with van der Waals surface area (Å²) in [5, 5.41) is 12.0. The topological polar surface area (TPSA) is 32.8 Å². The smallest absolute Gasteiger partial charge is 0.159 e. The largest absolute Gasteiger partial charge is 0.454 e. The van der Waals surface area contributed by atoms with Crippen molar-refractivity contribution in [1.82, 2.24) is 0 Å². The van der Waals surface area contributed by atoms with Gasteiger partial charge in [0.05, 0.1) is 22.7 Å². The molecule has 12 aromatic rings. The average molecular weight is 871 g/mol. The quantitative estimate of drug-likeness (QED) is 0.128. The molecule has 2 aromatic heterocycles. The molecule has 0 radical (unpaired) electrons. The minimum atomic E-state index is 0.250. The fraction of sp³-hybridized carbons (Fsp3) is 0.175. The van der Waals surface area contributed by atoms with Crippen LogP contribution in [0.4, 0.5) is 34.1 Å². The van der Waals surface area contributed by atoms with Crippen LogP contribution in [0.2, 0.25) is 0 Å². The van der Waals surface area contributed by atoms with Gasteiger partial charge < -0.3 is 18.6 Å². The van der Waals surface area contributed by atoms with E-state index in [0.717, 1.165) is 90.8 Å². The number of aryl methyl sites for hydroxylation is 3. The number of nitrogens with zero attached hydrogens (tertiary/aromatic N) is 2. The lowest BCUT2D eigenvalue weighted by atomic mass is 9.84. The summed E-state index contributed by atoms with van der Waals surface area (Å²) in [6.45, 7) is 16.0. The molecule has 0 fully saturated rings. The summed E-state index contributed by atoms with van der Waals surface area (Å²) in [6, 6.07) is 60.6. The van der Waals surface area contributed by atoms with Gasteiger partial charge >= 0.3 is 0 Å². The lowest BCUT2D eigenvalue weighted by Gasteiger charge is -2.31. The van der Waals surface area contributed by atoms with Crippen molar-refractivity contribution >= 4 is 110 Å². The molecule has 0 bridgehead atoms. The molecule has 0 unspecified atom stereocenters. The van der Waals surface area contributed by atoms with E-state index >= 15 is 0 Å². The molecule has 4 heteroatoms. The number of rotatable bonds is 10. The fourth-order valence-electron chi connectivity index (χ4n) is 11.1. The van der Waals surface area contributed by atoms with Crippen LogP contribution >= 0.6 is 0 Å². The predicted octanol–water partition coefficient (Wildman–Crippen LogP) is 19.0. The van der Waals surface area contributed by atoms with Gasteiger partial charge in [-0.15, -0.1) is 0 Å². The maximum atomic E-state index is 6.86. The first kappa shape index (κ1) is 40.9. The molecule has 328 valence electrons. The number of fused-ring (bicyclic) bond motifs is 6. The van der Waals surface area contributed by atoms with Crippen LogP contribution in [-0.2, 0) is 12.8 Å². The lowest BCUT2D eigenvalue weighted by Crippen LogP contribution is -2.13. The van der Waals surface area contributed by atoms with Gasteiger partial charge in [0.25, 0.3) is 0 Å². The highest BCUT2D eigenvalue weighted by atomic mass is 16.3. The second-order valence-electron chi connectivity index (χ2n) is 19.0. The molecule has 2 heterocycles. The van der Waals surface area contributed by atoms with Crippen molar-refractivity contribution in [3.05, 3.63) is 192 Å². The third-order valence-electron chi connectivity index (χ3n) is 14.5. The Balaban J connectivity index is 1.21. The normalized spacial score (nSPS) is 12.2. The minimum absolute atomic E-state index is 0.250. The van der Waals surface area contributed by atoms with Gasteiger partial charge in [0.15, 0.2) is 11.2 Å². The van der Waals surface area contributed by atoms with Gasteiger partial charge in [-0.25, -0.2) is 0 Å². The second-order valence-corrected chi connectivity index (χ2v) is 19.0. The van der Waals surface area contributed by atoms with Gasteiger partial charge in [0, 0.05) is 43.7 Å². The lowest BCUT2D eigenvalue weighted by molar-refractivity contribution is 0.668. The van der Waals surface area contributed by atoms with Crippen LogP contribution in [0.5, 0.6) is 0 Å². The third-order valence-corrected chi connectivity index (χ3v) is 14.5. The zero-order valence-corrected chi connectivity index (χ0v) is 39.4. The van der Waals surface area contributed by atoms with E-state index in [1.165, 1.54) is 60.1 Å². The van der Waals surface area contributed by atoms with E-state index in [-0.39, 0.29) is 11.8 Å². The number of furan rings is 2. The first-order valence-electron chi connectivity index (χ1n) is 24.1. The molecule has 0 amide bonds. The minimum Gasteiger partial charge on any atom is -0.454 e. The van der Waals surface area contributed by atoms with Gasteiger partial charge in [-0.1, -0.05) is 145 Å².